The quantitative estimate of drug-likeness (QED) is 0.899. The van der Waals surface area contributed by atoms with E-state index in [1.165, 1.54) is 0 Å². The third-order valence-corrected chi connectivity index (χ3v) is 4.27. The molecule has 122 valence electrons. The van der Waals surface area contributed by atoms with Crippen LogP contribution in [0.1, 0.15) is 56.8 Å². The summed E-state index contributed by atoms with van der Waals surface area (Å²) in [4.78, 5) is 25.7. The van der Waals surface area contributed by atoms with Crippen molar-refractivity contribution in [2.45, 2.75) is 32.6 Å². The average molecular weight is 316 g/mol. The molecule has 2 aromatic rings. The van der Waals surface area contributed by atoms with E-state index in [1.807, 2.05) is 11.8 Å². The second-order valence-electron chi connectivity index (χ2n) is 5.99. The minimum atomic E-state index is -0.555. The van der Waals surface area contributed by atoms with E-state index >= 15 is 0 Å². The van der Waals surface area contributed by atoms with Crippen LogP contribution in [-0.4, -0.2) is 40.0 Å². The van der Waals surface area contributed by atoms with E-state index in [0.29, 0.717) is 17.9 Å². The van der Waals surface area contributed by atoms with Gasteiger partial charge in [0.1, 0.15) is 17.2 Å². The second-order valence-corrected chi connectivity index (χ2v) is 5.99. The van der Waals surface area contributed by atoms with Gasteiger partial charge in [-0.05, 0) is 38.8 Å². The van der Waals surface area contributed by atoms with Crippen molar-refractivity contribution in [1.82, 2.24) is 15.1 Å². The summed E-state index contributed by atoms with van der Waals surface area (Å²) in [7, 11) is 0. The van der Waals surface area contributed by atoms with E-state index in [2.05, 4.69) is 10.2 Å². The maximum atomic E-state index is 12.7. The molecule has 2 aromatic heterocycles. The van der Waals surface area contributed by atoms with Crippen LogP contribution in [0.5, 0.6) is 0 Å². The van der Waals surface area contributed by atoms with Crippen molar-refractivity contribution in [3.05, 3.63) is 40.6 Å². The van der Waals surface area contributed by atoms with Gasteiger partial charge >= 0.3 is 0 Å². The summed E-state index contributed by atoms with van der Waals surface area (Å²) in [5.41, 5.74) is 6.92. The molecule has 1 atom stereocenters. The van der Waals surface area contributed by atoms with Gasteiger partial charge in [0.15, 0.2) is 0 Å². The van der Waals surface area contributed by atoms with Crippen LogP contribution >= 0.6 is 0 Å². The molecule has 3 N–H and O–H groups in total. The van der Waals surface area contributed by atoms with Crippen LogP contribution in [0.15, 0.2) is 16.5 Å². The van der Waals surface area contributed by atoms with Crippen molar-refractivity contribution in [3.8, 4) is 0 Å². The number of H-pyrrole nitrogens is 1. The number of aryl methyl sites for hydroxylation is 2. The van der Waals surface area contributed by atoms with E-state index in [4.69, 9.17) is 10.2 Å². The van der Waals surface area contributed by atoms with E-state index in [9.17, 15) is 9.59 Å². The molecule has 1 aliphatic rings. The second kappa shape index (κ2) is 5.91. The Kier molecular flexibility index (Phi) is 3.94. The van der Waals surface area contributed by atoms with Gasteiger partial charge in [-0.3, -0.25) is 14.7 Å². The average Bonchev–Trinajstić information content (AvgIpc) is 3.13. The zero-order valence-corrected chi connectivity index (χ0v) is 13.3. The van der Waals surface area contributed by atoms with Crippen molar-refractivity contribution in [2.75, 3.05) is 13.1 Å². The molecular formula is C16H20N4O3. The van der Waals surface area contributed by atoms with Gasteiger partial charge < -0.3 is 15.1 Å². The largest absolute Gasteiger partial charge is 0.466 e. The third-order valence-electron chi connectivity index (χ3n) is 4.27. The zero-order chi connectivity index (χ0) is 16.6. The first-order valence-corrected chi connectivity index (χ1v) is 7.67. The summed E-state index contributed by atoms with van der Waals surface area (Å²) in [5.74, 6) is 0.937. The molecule has 2 amide bonds. The molecule has 7 heteroatoms. The number of nitrogens with two attached hydrogens (primary N) is 1. The maximum absolute atomic E-state index is 12.7. The number of primary amides is 1. The van der Waals surface area contributed by atoms with Crippen LogP contribution in [0.4, 0.5) is 0 Å². The molecule has 0 aliphatic carbocycles. The number of likely N-dealkylation sites (tertiary alicyclic amines) is 1. The third kappa shape index (κ3) is 2.99. The lowest BCUT2D eigenvalue weighted by Gasteiger charge is -2.32. The van der Waals surface area contributed by atoms with Gasteiger partial charge in [-0.2, -0.15) is 5.10 Å². The predicted molar refractivity (Wildman–Crippen MR) is 83.2 cm³/mol. The predicted octanol–water partition coefficient (Wildman–Crippen LogP) is 1.74. The van der Waals surface area contributed by atoms with E-state index in [-0.39, 0.29) is 17.5 Å². The highest BCUT2D eigenvalue weighted by atomic mass is 16.3. The summed E-state index contributed by atoms with van der Waals surface area (Å²) < 4.78 is 5.45. The van der Waals surface area contributed by atoms with Gasteiger partial charge in [0.05, 0.1) is 5.56 Å². The van der Waals surface area contributed by atoms with Gasteiger partial charge in [-0.1, -0.05) is 0 Å². The number of amides is 2. The molecule has 23 heavy (non-hydrogen) atoms. The lowest BCUT2D eigenvalue weighted by Crippen LogP contribution is -2.39. The van der Waals surface area contributed by atoms with Crippen LogP contribution in [-0.2, 0) is 0 Å². The molecule has 0 spiro atoms. The van der Waals surface area contributed by atoms with Crippen LogP contribution in [0.2, 0.25) is 0 Å². The molecular weight excluding hydrogens is 296 g/mol. The van der Waals surface area contributed by atoms with Gasteiger partial charge in [0, 0.05) is 24.7 Å². The molecule has 1 saturated heterocycles. The van der Waals surface area contributed by atoms with E-state index in [1.54, 1.807) is 19.1 Å². The molecule has 7 nitrogen and oxygen atoms in total. The SMILES string of the molecule is Cc1cc(C(=O)N2CCC[C@H](c3cc(C(N)=O)n[nH]3)C2)c(C)o1. The van der Waals surface area contributed by atoms with Crippen LogP contribution in [0.25, 0.3) is 0 Å². The minimum Gasteiger partial charge on any atom is -0.466 e. The summed E-state index contributed by atoms with van der Waals surface area (Å²) >= 11 is 0. The van der Waals surface area contributed by atoms with Gasteiger partial charge in [-0.25, -0.2) is 0 Å². The number of carbonyl (C=O) groups excluding carboxylic acids is 2. The zero-order valence-electron chi connectivity index (χ0n) is 13.3. The lowest BCUT2D eigenvalue weighted by molar-refractivity contribution is 0.0704. The minimum absolute atomic E-state index is 0.0151. The smallest absolute Gasteiger partial charge is 0.269 e. The highest BCUT2D eigenvalue weighted by Gasteiger charge is 2.28. The van der Waals surface area contributed by atoms with Crippen molar-refractivity contribution in [3.63, 3.8) is 0 Å². The first-order chi connectivity index (χ1) is 11.0. The standard InChI is InChI=1S/C16H20N4O3/c1-9-6-12(10(2)23-9)16(22)20-5-3-4-11(8-20)13-7-14(15(17)21)19-18-13/h6-7,11H,3-5,8H2,1-2H3,(H2,17,21)(H,18,19)/t11-/m0/s1. The number of nitrogens with one attached hydrogen (secondary N) is 1. The number of furan rings is 1. The summed E-state index contributed by atoms with van der Waals surface area (Å²) in [5, 5.41) is 6.78. The number of hydrogen-bond donors (Lipinski definition) is 2. The number of piperidine rings is 1. The van der Waals surface area contributed by atoms with E-state index in [0.717, 1.165) is 30.8 Å². The molecule has 1 fully saturated rings. The normalized spacial score (nSPS) is 18.2. The fourth-order valence-corrected chi connectivity index (χ4v) is 3.10. The van der Waals surface area contributed by atoms with Crippen LogP contribution in [0.3, 0.4) is 0 Å². The van der Waals surface area contributed by atoms with Gasteiger partial charge in [-0.15, -0.1) is 0 Å². The van der Waals surface area contributed by atoms with Crippen molar-refractivity contribution in [1.29, 1.82) is 0 Å². The number of nitrogens with zero attached hydrogens (tertiary/aromatic N) is 2. The van der Waals surface area contributed by atoms with Crippen LogP contribution in [0, 0.1) is 13.8 Å². The summed E-state index contributed by atoms with van der Waals surface area (Å²) in [6.45, 7) is 4.94. The molecule has 3 rings (SSSR count). The van der Waals surface area contributed by atoms with Crippen molar-refractivity contribution in [2.24, 2.45) is 5.73 Å². The Morgan fingerprint density at radius 1 is 1.39 bits per heavy atom. The molecule has 0 unspecified atom stereocenters. The molecule has 0 radical (unpaired) electrons. The van der Waals surface area contributed by atoms with E-state index < -0.39 is 5.91 Å². The fourth-order valence-electron chi connectivity index (χ4n) is 3.10. The first kappa shape index (κ1) is 15.3. The lowest BCUT2D eigenvalue weighted by atomic mass is 9.94. The molecule has 0 saturated carbocycles. The number of hydrogen-bond acceptors (Lipinski definition) is 4. The Morgan fingerprint density at radius 2 is 2.17 bits per heavy atom. The number of rotatable bonds is 3. The van der Waals surface area contributed by atoms with Crippen LogP contribution < -0.4 is 5.73 Å². The molecule has 1 aliphatic heterocycles. The Bertz CT molecular complexity index is 746. The number of aromatic nitrogens is 2. The Hall–Kier alpha value is -2.57. The summed E-state index contributed by atoms with van der Waals surface area (Å²) in [6, 6.07) is 3.46. The number of carbonyl (C=O) groups is 2. The molecule has 3 heterocycles. The topological polar surface area (TPSA) is 105 Å². The highest BCUT2D eigenvalue weighted by molar-refractivity contribution is 5.95. The Morgan fingerprint density at radius 3 is 2.78 bits per heavy atom. The first-order valence-electron chi connectivity index (χ1n) is 7.67. The van der Waals surface area contributed by atoms with Crippen molar-refractivity contribution < 1.29 is 14.0 Å². The maximum Gasteiger partial charge on any atom is 0.269 e. The van der Waals surface area contributed by atoms with Gasteiger partial charge in [0.25, 0.3) is 11.8 Å². The number of aromatic amines is 1. The van der Waals surface area contributed by atoms with Crippen molar-refractivity contribution >= 4 is 11.8 Å². The fraction of sp³-hybridized carbons (Fsp3) is 0.438. The summed E-state index contributed by atoms with van der Waals surface area (Å²) in [6.07, 6.45) is 1.84. The van der Waals surface area contributed by atoms with Gasteiger partial charge in [0.2, 0.25) is 0 Å². The Labute approximate surface area is 133 Å². The monoisotopic (exact) mass is 316 g/mol. The Balaban J connectivity index is 1.76. The highest BCUT2D eigenvalue weighted by Crippen LogP contribution is 2.27. The molecule has 0 aromatic carbocycles. The molecule has 0 bridgehead atoms.